The van der Waals surface area contributed by atoms with Gasteiger partial charge in [0.05, 0.1) is 17.8 Å². The lowest BCUT2D eigenvalue weighted by atomic mass is 10.0. The summed E-state index contributed by atoms with van der Waals surface area (Å²) in [6, 6.07) is 16.5. The number of nitrogens with zero attached hydrogens (tertiary/aromatic N) is 3. The lowest BCUT2D eigenvalue weighted by Gasteiger charge is -2.19. The van der Waals surface area contributed by atoms with Crippen LogP contribution in [0.25, 0.3) is 5.57 Å². The molecule has 0 fully saturated rings. The topological polar surface area (TPSA) is 94.8 Å². The standard InChI is InChI=1S/C27H29ClN6O/c1-30-17-22(24-18-33-34(2)19-24)9-6-13-32-27(35)26(21-7-4-3-5-8-21)31-14-12-20-10-11-25(28)15-23(20)16-29/h3-11,15,17-19,26,30-31H,12-14H2,1-2H3,(H,32,35)/b9-6-,22-17+. The summed E-state index contributed by atoms with van der Waals surface area (Å²) in [5, 5.41) is 23.5. The van der Waals surface area contributed by atoms with Crippen LogP contribution in [0, 0.1) is 11.3 Å². The summed E-state index contributed by atoms with van der Waals surface area (Å²) in [7, 11) is 3.71. The van der Waals surface area contributed by atoms with Gasteiger partial charge in [0.25, 0.3) is 0 Å². The number of benzene rings is 2. The van der Waals surface area contributed by atoms with Crippen molar-refractivity contribution >= 4 is 23.1 Å². The highest BCUT2D eigenvalue weighted by Gasteiger charge is 2.19. The van der Waals surface area contributed by atoms with Gasteiger partial charge in [-0.05, 0) is 29.7 Å². The molecule has 0 radical (unpaired) electrons. The van der Waals surface area contributed by atoms with Crippen LogP contribution in [0.2, 0.25) is 5.02 Å². The Morgan fingerprint density at radius 3 is 2.74 bits per heavy atom. The summed E-state index contributed by atoms with van der Waals surface area (Å²) in [4.78, 5) is 13.1. The van der Waals surface area contributed by atoms with Gasteiger partial charge in [-0.3, -0.25) is 9.48 Å². The third kappa shape index (κ3) is 7.57. The molecule has 35 heavy (non-hydrogen) atoms. The van der Waals surface area contributed by atoms with Crippen LogP contribution in [0.5, 0.6) is 0 Å². The van der Waals surface area contributed by atoms with Gasteiger partial charge in [0, 0.05) is 55.7 Å². The molecule has 1 atom stereocenters. The van der Waals surface area contributed by atoms with Crippen LogP contribution in [0.3, 0.4) is 0 Å². The molecule has 0 aliphatic rings. The lowest BCUT2D eigenvalue weighted by molar-refractivity contribution is -0.123. The number of rotatable bonds is 11. The van der Waals surface area contributed by atoms with Crippen LogP contribution >= 0.6 is 11.6 Å². The SMILES string of the molecule is CN/C=C(\C=C/CNC(=O)C(NCCc1ccc(Cl)cc1C#N)c1ccccc1)c1cnn(C)c1. The molecule has 1 amide bonds. The molecular formula is C27H29ClN6O. The largest absolute Gasteiger partial charge is 0.393 e. The smallest absolute Gasteiger partial charge is 0.241 e. The number of halogens is 1. The van der Waals surface area contributed by atoms with Gasteiger partial charge in [0.1, 0.15) is 6.04 Å². The molecule has 1 aromatic heterocycles. The zero-order chi connectivity index (χ0) is 25.0. The number of nitriles is 1. The van der Waals surface area contributed by atoms with Crippen molar-refractivity contribution in [1.82, 2.24) is 25.7 Å². The Morgan fingerprint density at radius 1 is 1.26 bits per heavy atom. The van der Waals surface area contributed by atoms with E-state index in [0.29, 0.717) is 30.1 Å². The molecule has 180 valence electrons. The normalized spacial score (nSPS) is 12.3. The van der Waals surface area contributed by atoms with E-state index in [4.69, 9.17) is 11.6 Å². The summed E-state index contributed by atoms with van der Waals surface area (Å²) in [6.07, 6.45) is 10.1. The van der Waals surface area contributed by atoms with Crippen LogP contribution in [0.4, 0.5) is 0 Å². The summed E-state index contributed by atoms with van der Waals surface area (Å²) in [5.74, 6) is -0.127. The molecule has 7 nitrogen and oxygen atoms in total. The van der Waals surface area contributed by atoms with Crippen LogP contribution in [0.1, 0.15) is 28.3 Å². The van der Waals surface area contributed by atoms with Crippen molar-refractivity contribution in [3.05, 3.63) is 107 Å². The van der Waals surface area contributed by atoms with Crippen LogP contribution in [0.15, 0.2) is 79.3 Å². The van der Waals surface area contributed by atoms with Gasteiger partial charge in [-0.25, -0.2) is 0 Å². The minimum atomic E-state index is -0.520. The number of amides is 1. The molecular weight excluding hydrogens is 460 g/mol. The Balaban J connectivity index is 1.63. The van der Waals surface area contributed by atoms with Gasteiger partial charge in [0.15, 0.2) is 0 Å². The van der Waals surface area contributed by atoms with E-state index in [2.05, 4.69) is 27.1 Å². The maximum Gasteiger partial charge on any atom is 0.241 e. The Morgan fingerprint density at radius 2 is 2.06 bits per heavy atom. The Kier molecular flexibility index (Phi) is 9.67. The fourth-order valence-corrected chi connectivity index (χ4v) is 3.80. The van der Waals surface area contributed by atoms with E-state index in [9.17, 15) is 10.1 Å². The fraction of sp³-hybridized carbons (Fsp3) is 0.222. The predicted molar refractivity (Wildman–Crippen MR) is 139 cm³/mol. The monoisotopic (exact) mass is 488 g/mol. The first-order chi connectivity index (χ1) is 17.0. The van der Waals surface area contributed by atoms with E-state index in [1.807, 2.05) is 75.0 Å². The zero-order valence-electron chi connectivity index (χ0n) is 19.8. The molecule has 0 aliphatic heterocycles. The molecule has 1 heterocycles. The van der Waals surface area contributed by atoms with Crippen molar-refractivity contribution in [3.63, 3.8) is 0 Å². The van der Waals surface area contributed by atoms with Crippen molar-refractivity contribution in [1.29, 1.82) is 5.26 Å². The first-order valence-electron chi connectivity index (χ1n) is 11.3. The number of carbonyl (C=O) groups is 1. The molecule has 3 N–H and O–H groups in total. The van der Waals surface area contributed by atoms with Gasteiger partial charge < -0.3 is 16.0 Å². The molecule has 0 bridgehead atoms. The highest BCUT2D eigenvalue weighted by Crippen LogP contribution is 2.17. The Bertz CT molecular complexity index is 1230. The minimum absolute atomic E-state index is 0.127. The van der Waals surface area contributed by atoms with E-state index in [1.54, 1.807) is 23.0 Å². The Labute approximate surface area is 211 Å². The van der Waals surface area contributed by atoms with Crippen molar-refractivity contribution < 1.29 is 4.79 Å². The molecule has 1 unspecified atom stereocenters. The third-order valence-corrected chi connectivity index (χ3v) is 5.59. The van der Waals surface area contributed by atoms with Gasteiger partial charge in [-0.1, -0.05) is 60.2 Å². The number of aromatic nitrogens is 2. The van der Waals surface area contributed by atoms with E-state index in [1.165, 1.54) is 0 Å². The van der Waals surface area contributed by atoms with E-state index >= 15 is 0 Å². The summed E-state index contributed by atoms with van der Waals surface area (Å²) < 4.78 is 1.74. The highest BCUT2D eigenvalue weighted by atomic mass is 35.5. The number of allylic oxidation sites excluding steroid dienone is 2. The van der Waals surface area contributed by atoms with Gasteiger partial charge in [0.2, 0.25) is 5.91 Å². The third-order valence-electron chi connectivity index (χ3n) is 5.36. The summed E-state index contributed by atoms with van der Waals surface area (Å²) >= 11 is 6.00. The van der Waals surface area contributed by atoms with Gasteiger partial charge >= 0.3 is 0 Å². The molecule has 0 saturated carbocycles. The predicted octanol–water partition coefficient (Wildman–Crippen LogP) is 3.75. The minimum Gasteiger partial charge on any atom is -0.393 e. The molecule has 0 aliphatic carbocycles. The average molecular weight is 489 g/mol. The number of hydrogen-bond donors (Lipinski definition) is 3. The number of nitrogens with one attached hydrogen (secondary N) is 3. The fourth-order valence-electron chi connectivity index (χ4n) is 3.63. The van der Waals surface area contributed by atoms with Crippen molar-refractivity contribution in [2.24, 2.45) is 7.05 Å². The molecule has 3 aromatic rings. The van der Waals surface area contributed by atoms with Crippen LogP contribution in [-0.2, 0) is 18.3 Å². The number of hydrogen-bond acceptors (Lipinski definition) is 5. The first kappa shape index (κ1) is 25.8. The Hall–Kier alpha value is -3.86. The maximum absolute atomic E-state index is 13.1. The molecule has 2 aromatic carbocycles. The van der Waals surface area contributed by atoms with Gasteiger partial charge in [-0.15, -0.1) is 0 Å². The van der Waals surface area contributed by atoms with Gasteiger partial charge in [-0.2, -0.15) is 10.4 Å². The second-order valence-electron chi connectivity index (χ2n) is 7.90. The quantitative estimate of drug-likeness (QED) is 0.357. The number of aryl methyl sites for hydroxylation is 1. The van der Waals surface area contributed by atoms with E-state index < -0.39 is 6.04 Å². The van der Waals surface area contributed by atoms with Crippen LogP contribution < -0.4 is 16.0 Å². The second kappa shape index (κ2) is 13.1. The lowest BCUT2D eigenvalue weighted by Crippen LogP contribution is -2.38. The van der Waals surface area contributed by atoms with Crippen LogP contribution in [-0.4, -0.2) is 35.8 Å². The second-order valence-corrected chi connectivity index (χ2v) is 8.34. The molecule has 0 spiro atoms. The highest BCUT2D eigenvalue weighted by molar-refractivity contribution is 6.30. The van der Waals surface area contributed by atoms with E-state index in [0.717, 1.165) is 22.3 Å². The summed E-state index contributed by atoms with van der Waals surface area (Å²) in [5.41, 5.74) is 4.25. The first-order valence-corrected chi connectivity index (χ1v) is 11.7. The maximum atomic E-state index is 13.1. The average Bonchev–Trinajstić information content (AvgIpc) is 3.30. The molecule has 8 heteroatoms. The number of carbonyl (C=O) groups excluding carboxylic acids is 1. The van der Waals surface area contributed by atoms with Crippen molar-refractivity contribution in [2.75, 3.05) is 20.1 Å². The van der Waals surface area contributed by atoms with E-state index in [-0.39, 0.29) is 5.91 Å². The zero-order valence-corrected chi connectivity index (χ0v) is 20.6. The van der Waals surface area contributed by atoms with Crippen molar-refractivity contribution in [2.45, 2.75) is 12.5 Å². The van der Waals surface area contributed by atoms with Crippen molar-refractivity contribution in [3.8, 4) is 6.07 Å². The summed E-state index contributed by atoms with van der Waals surface area (Å²) in [6.45, 7) is 0.899. The molecule has 3 rings (SSSR count). The molecule has 0 saturated heterocycles.